The molecule has 0 bridgehead atoms. The van der Waals surface area contributed by atoms with Crippen LogP contribution < -0.4 is 10.9 Å². The summed E-state index contributed by atoms with van der Waals surface area (Å²) in [7, 11) is -3.23. The molecule has 0 fully saturated rings. The van der Waals surface area contributed by atoms with Crippen molar-refractivity contribution < 1.29 is 21.6 Å². The fraction of sp³-hybridized carbons (Fsp3) is 0.600. The summed E-state index contributed by atoms with van der Waals surface area (Å²) in [5.74, 6) is -0.189. The highest BCUT2D eigenvalue weighted by Gasteiger charge is 2.29. The van der Waals surface area contributed by atoms with E-state index < -0.39 is 34.2 Å². The van der Waals surface area contributed by atoms with Gasteiger partial charge in [0.05, 0.1) is 17.6 Å². The highest BCUT2D eigenvalue weighted by Crippen LogP contribution is 2.20. The normalized spacial score (nSPS) is 14.0. The molecule has 6 nitrogen and oxygen atoms in total. The second-order valence-corrected chi connectivity index (χ2v) is 7.57. The van der Waals surface area contributed by atoms with Crippen molar-refractivity contribution in [2.24, 2.45) is 0 Å². The molecule has 0 aliphatic rings. The Morgan fingerprint density at radius 1 is 1.48 bits per heavy atom. The van der Waals surface area contributed by atoms with Crippen molar-refractivity contribution in [1.82, 2.24) is 9.78 Å². The van der Waals surface area contributed by atoms with E-state index in [1.54, 1.807) is 6.92 Å². The van der Waals surface area contributed by atoms with Gasteiger partial charge in [-0.15, -0.1) is 0 Å². The van der Waals surface area contributed by atoms with Crippen LogP contribution in [0.3, 0.4) is 0 Å². The van der Waals surface area contributed by atoms with Crippen molar-refractivity contribution in [1.29, 1.82) is 0 Å². The van der Waals surface area contributed by atoms with E-state index in [1.165, 1.54) is 0 Å². The van der Waals surface area contributed by atoms with Crippen LogP contribution in [0.15, 0.2) is 15.5 Å². The van der Waals surface area contributed by atoms with Crippen LogP contribution in [0, 0.1) is 0 Å². The first kappa shape index (κ1) is 18.0. The maximum absolute atomic E-state index is 12.3. The SMILES string of the molecule is CC(CS(C)(=O)=O)Nc1cnn(CC(F)(F)F)c(=O)c1Br. The molecule has 1 N–H and O–H groups in total. The third-order valence-electron chi connectivity index (χ3n) is 2.27. The second-order valence-electron chi connectivity index (χ2n) is 4.59. The van der Waals surface area contributed by atoms with Gasteiger partial charge in [-0.25, -0.2) is 13.1 Å². The number of hydrogen-bond donors (Lipinski definition) is 1. The van der Waals surface area contributed by atoms with Crippen molar-refractivity contribution in [3.8, 4) is 0 Å². The largest absolute Gasteiger partial charge is 0.408 e. The smallest absolute Gasteiger partial charge is 0.379 e. The molecule has 0 aliphatic carbocycles. The zero-order chi connectivity index (χ0) is 16.4. The average Bonchev–Trinajstić information content (AvgIpc) is 2.25. The van der Waals surface area contributed by atoms with Gasteiger partial charge in [0.1, 0.15) is 20.9 Å². The molecule has 0 aliphatic heterocycles. The van der Waals surface area contributed by atoms with Gasteiger partial charge >= 0.3 is 6.18 Å². The fourth-order valence-corrected chi connectivity index (χ4v) is 3.02. The number of halogens is 4. The molecule has 21 heavy (non-hydrogen) atoms. The van der Waals surface area contributed by atoms with E-state index in [2.05, 4.69) is 26.3 Å². The van der Waals surface area contributed by atoms with Crippen LogP contribution in [0.4, 0.5) is 18.9 Å². The molecule has 0 spiro atoms. The maximum atomic E-state index is 12.3. The van der Waals surface area contributed by atoms with Crippen molar-refractivity contribution >= 4 is 31.5 Å². The Morgan fingerprint density at radius 2 is 2.05 bits per heavy atom. The predicted molar refractivity (Wildman–Crippen MR) is 75.0 cm³/mol. The minimum absolute atomic E-state index is 0.134. The van der Waals surface area contributed by atoms with Crippen molar-refractivity contribution in [2.45, 2.75) is 25.7 Å². The third kappa shape index (κ3) is 6.04. The van der Waals surface area contributed by atoms with Gasteiger partial charge in [-0.05, 0) is 22.9 Å². The molecule has 1 aromatic rings. The molecule has 1 atom stereocenters. The molecule has 0 amide bonds. The van der Waals surface area contributed by atoms with Crippen molar-refractivity contribution in [2.75, 3.05) is 17.3 Å². The van der Waals surface area contributed by atoms with Crippen LogP contribution in [0.5, 0.6) is 0 Å². The molecule has 11 heteroatoms. The lowest BCUT2D eigenvalue weighted by atomic mass is 10.3. The van der Waals surface area contributed by atoms with Crippen LogP contribution in [0.1, 0.15) is 6.92 Å². The number of sulfone groups is 1. The molecule has 120 valence electrons. The second kappa shape index (κ2) is 6.34. The predicted octanol–water partition coefficient (Wildman–Crippen LogP) is 1.41. The molecular weight excluding hydrogens is 379 g/mol. The molecule has 0 saturated heterocycles. The monoisotopic (exact) mass is 391 g/mol. The van der Waals surface area contributed by atoms with E-state index >= 15 is 0 Å². The Balaban J connectivity index is 2.97. The number of rotatable bonds is 5. The number of hydrogen-bond acceptors (Lipinski definition) is 5. The number of nitrogens with one attached hydrogen (secondary N) is 1. The zero-order valence-electron chi connectivity index (χ0n) is 11.1. The molecular formula is C10H13BrF3N3O3S. The summed E-state index contributed by atoms with van der Waals surface area (Å²) in [4.78, 5) is 11.7. The highest BCUT2D eigenvalue weighted by atomic mass is 79.9. The molecule has 1 aromatic heterocycles. The van der Waals surface area contributed by atoms with Crippen LogP contribution in [-0.2, 0) is 16.4 Å². The summed E-state index contributed by atoms with van der Waals surface area (Å²) in [6.45, 7) is 0.0678. The van der Waals surface area contributed by atoms with E-state index in [-0.39, 0.29) is 20.6 Å². The Bertz CT molecular complexity index is 672. The minimum Gasteiger partial charge on any atom is -0.379 e. The lowest BCUT2D eigenvalue weighted by Gasteiger charge is -2.16. The summed E-state index contributed by atoms with van der Waals surface area (Å²) in [6, 6.07) is -0.532. The summed E-state index contributed by atoms with van der Waals surface area (Å²) < 4.78 is 59.2. The fourth-order valence-electron chi connectivity index (χ4n) is 1.61. The Hall–Kier alpha value is -1.10. The molecule has 0 saturated carbocycles. The van der Waals surface area contributed by atoms with E-state index in [1.807, 2.05) is 0 Å². The van der Waals surface area contributed by atoms with Gasteiger partial charge in [0.2, 0.25) is 0 Å². The Morgan fingerprint density at radius 3 is 2.52 bits per heavy atom. The average molecular weight is 392 g/mol. The van der Waals surface area contributed by atoms with Crippen LogP contribution in [0.2, 0.25) is 0 Å². The molecule has 0 aromatic carbocycles. The number of nitrogens with zero attached hydrogens (tertiary/aromatic N) is 2. The van der Waals surface area contributed by atoms with E-state index in [0.717, 1.165) is 12.5 Å². The number of anilines is 1. The number of aromatic nitrogens is 2. The van der Waals surface area contributed by atoms with Crippen molar-refractivity contribution in [3.63, 3.8) is 0 Å². The summed E-state index contributed by atoms with van der Waals surface area (Å²) >= 11 is 2.89. The summed E-state index contributed by atoms with van der Waals surface area (Å²) in [5, 5.41) is 6.13. The first-order chi connectivity index (χ1) is 9.39. The maximum Gasteiger partial charge on any atom is 0.408 e. The van der Waals surface area contributed by atoms with Gasteiger partial charge in [-0.2, -0.15) is 18.3 Å². The lowest BCUT2D eigenvalue weighted by Crippen LogP contribution is -2.32. The number of alkyl halides is 3. The van der Waals surface area contributed by atoms with Crippen LogP contribution in [-0.4, -0.2) is 42.4 Å². The van der Waals surface area contributed by atoms with Crippen LogP contribution >= 0.6 is 15.9 Å². The van der Waals surface area contributed by atoms with Gasteiger partial charge in [0.15, 0.2) is 0 Å². The van der Waals surface area contributed by atoms with E-state index in [0.29, 0.717) is 0 Å². The molecule has 1 heterocycles. The zero-order valence-corrected chi connectivity index (χ0v) is 13.5. The van der Waals surface area contributed by atoms with E-state index in [9.17, 15) is 26.4 Å². The molecule has 0 radical (unpaired) electrons. The van der Waals surface area contributed by atoms with Gasteiger partial charge in [-0.1, -0.05) is 0 Å². The van der Waals surface area contributed by atoms with E-state index in [4.69, 9.17) is 0 Å². The van der Waals surface area contributed by atoms with Gasteiger partial charge in [-0.3, -0.25) is 4.79 Å². The topological polar surface area (TPSA) is 81.1 Å². The lowest BCUT2D eigenvalue weighted by molar-refractivity contribution is -0.143. The quantitative estimate of drug-likeness (QED) is 0.820. The van der Waals surface area contributed by atoms with Crippen molar-refractivity contribution in [3.05, 3.63) is 21.0 Å². The van der Waals surface area contributed by atoms with Gasteiger partial charge in [0.25, 0.3) is 5.56 Å². The first-order valence-electron chi connectivity index (χ1n) is 5.65. The Labute approximate surface area is 127 Å². The third-order valence-corrected chi connectivity index (χ3v) is 4.14. The van der Waals surface area contributed by atoms with Crippen LogP contribution in [0.25, 0.3) is 0 Å². The summed E-state index contributed by atoms with van der Waals surface area (Å²) in [5.41, 5.74) is -0.821. The summed E-state index contributed by atoms with van der Waals surface area (Å²) in [6.07, 6.45) is -2.47. The first-order valence-corrected chi connectivity index (χ1v) is 8.51. The standard InChI is InChI=1S/C10H13BrF3N3O3S/c1-6(4-21(2,19)20)16-7-3-15-17(5-10(12,13)14)9(18)8(7)11/h3,6,16H,4-5H2,1-2H3. The molecule has 1 unspecified atom stereocenters. The highest BCUT2D eigenvalue weighted by molar-refractivity contribution is 9.10. The van der Waals surface area contributed by atoms with Gasteiger partial charge in [0, 0.05) is 12.3 Å². The minimum atomic E-state index is -4.56. The van der Waals surface area contributed by atoms with Gasteiger partial charge < -0.3 is 5.32 Å². The molecule has 1 rings (SSSR count). The Kier molecular flexibility index (Phi) is 5.42.